The highest BCUT2D eigenvalue weighted by molar-refractivity contribution is 5.89. The molecule has 0 aliphatic heterocycles. The lowest BCUT2D eigenvalue weighted by Crippen LogP contribution is -2.33. The monoisotopic (exact) mass is 190 g/mol. The second-order valence-electron chi connectivity index (χ2n) is 6.22. The summed E-state index contributed by atoms with van der Waals surface area (Å²) in [5.74, 6) is 5.06. The molecule has 9 atom stereocenters. The van der Waals surface area contributed by atoms with Crippen molar-refractivity contribution in [1.82, 2.24) is 0 Å². The second-order valence-corrected chi connectivity index (χ2v) is 6.22. The standard InChI is InChI=1S/C12H14O2/c13-11-5-1-3-7-4-2-6(8(5)7)12(14)10(4)9(3)11/h3-11,13H,1-2H2. The van der Waals surface area contributed by atoms with Crippen molar-refractivity contribution < 1.29 is 9.90 Å². The van der Waals surface area contributed by atoms with E-state index in [-0.39, 0.29) is 6.10 Å². The van der Waals surface area contributed by atoms with Crippen LogP contribution in [0.25, 0.3) is 0 Å². The minimum Gasteiger partial charge on any atom is -0.393 e. The molecule has 0 aromatic rings. The molecule has 5 aliphatic carbocycles. The molecule has 5 rings (SSSR count). The summed E-state index contributed by atoms with van der Waals surface area (Å²) in [6.07, 6.45) is 2.33. The Morgan fingerprint density at radius 1 is 1.00 bits per heavy atom. The van der Waals surface area contributed by atoms with Crippen LogP contribution in [-0.2, 0) is 4.79 Å². The molecule has 5 aliphatic rings. The summed E-state index contributed by atoms with van der Waals surface area (Å²) in [5, 5.41) is 10.2. The Balaban J connectivity index is 1.84. The number of aliphatic hydroxyl groups is 1. The van der Waals surface area contributed by atoms with E-state index in [0.717, 1.165) is 11.8 Å². The molecule has 0 radical (unpaired) electrons. The number of aliphatic hydroxyl groups excluding tert-OH is 1. The molecular formula is C12H14O2. The summed E-state index contributed by atoms with van der Waals surface area (Å²) < 4.78 is 0. The third-order valence-electron chi connectivity index (χ3n) is 6.36. The zero-order valence-electron chi connectivity index (χ0n) is 7.97. The molecule has 14 heavy (non-hydrogen) atoms. The summed E-state index contributed by atoms with van der Waals surface area (Å²) >= 11 is 0. The van der Waals surface area contributed by atoms with Crippen molar-refractivity contribution in [3.8, 4) is 0 Å². The number of carbonyl (C=O) groups excluding carboxylic acids is 1. The van der Waals surface area contributed by atoms with Crippen LogP contribution in [0.3, 0.4) is 0 Å². The van der Waals surface area contributed by atoms with Crippen LogP contribution in [0.5, 0.6) is 0 Å². The van der Waals surface area contributed by atoms with E-state index in [0.29, 0.717) is 41.3 Å². The van der Waals surface area contributed by atoms with Crippen LogP contribution in [0.2, 0.25) is 0 Å². The molecule has 1 N–H and O–H groups in total. The van der Waals surface area contributed by atoms with Gasteiger partial charge in [-0.15, -0.1) is 0 Å². The first-order chi connectivity index (χ1) is 6.79. The first-order valence-electron chi connectivity index (χ1n) is 6.01. The number of ketones is 1. The zero-order valence-corrected chi connectivity index (χ0v) is 7.97. The third-order valence-corrected chi connectivity index (χ3v) is 6.36. The van der Waals surface area contributed by atoms with Gasteiger partial charge in [0.15, 0.2) is 0 Å². The number of rotatable bonds is 0. The minimum absolute atomic E-state index is 0.106. The van der Waals surface area contributed by atoms with Crippen LogP contribution in [0.15, 0.2) is 0 Å². The van der Waals surface area contributed by atoms with Gasteiger partial charge in [-0.1, -0.05) is 0 Å². The van der Waals surface area contributed by atoms with E-state index in [2.05, 4.69) is 0 Å². The highest BCUT2D eigenvalue weighted by Crippen LogP contribution is 2.77. The van der Waals surface area contributed by atoms with Gasteiger partial charge in [0.1, 0.15) is 5.78 Å². The Kier molecular flexibility index (Phi) is 0.853. The topological polar surface area (TPSA) is 37.3 Å². The smallest absolute Gasteiger partial charge is 0.140 e. The molecule has 74 valence electrons. The van der Waals surface area contributed by atoms with Crippen molar-refractivity contribution in [1.29, 1.82) is 0 Å². The maximum Gasteiger partial charge on any atom is 0.140 e. The Hall–Kier alpha value is -0.370. The van der Waals surface area contributed by atoms with Gasteiger partial charge in [0.2, 0.25) is 0 Å². The second kappa shape index (κ2) is 1.71. The van der Waals surface area contributed by atoms with E-state index in [1.165, 1.54) is 12.8 Å². The SMILES string of the molecule is O=C1C2CC3C1C1C(O)C4CC1C3C24. The molecule has 2 nitrogen and oxygen atoms in total. The number of carbonyl (C=O) groups is 1. The van der Waals surface area contributed by atoms with Crippen molar-refractivity contribution in [3.63, 3.8) is 0 Å². The van der Waals surface area contributed by atoms with Crippen LogP contribution in [0.1, 0.15) is 12.8 Å². The van der Waals surface area contributed by atoms with Crippen molar-refractivity contribution in [2.24, 2.45) is 47.3 Å². The van der Waals surface area contributed by atoms with Crippen LogP contribution in [0, 0.1) is 47.3 Å². The first-order valence-corrected chi connectivity index (χ1v) is 6.01. The van der Waals surface area contributed by atoms with Crippen LogP contribution >= 0.6 is 0 Å². The van der Waals surface area contributed by atoms with E-state index < -0.39 is 0 Å². The third kappa shape index (κ3) is 0.425. The lowest BCUT2D eigenvalue weighted by Gasteiger charge is -2.29. The molecule has 4 bridgehead atoms. The summed E-state index contributed by atoms with van der Waals surface area (Å²) in [7, 11) is 0. The largest absolute Gasteiger partial charge is 0.393 e. The average molecular weight is 190 g/mol. The average Bonchev–Trinajstić information content (AvgIpc) is 2.79. The Morgan fingerprint density at radius 3 is 2.71 bits per heavy atom. The summed E-state index contributed by atoms with van der Waals surface area (Å²) in [4.78, 5) is 12.1. The summed E-state index contributed by atoms with van der Waals surface area (Å²) in [6, 6.07) is 0. The molecule has 0 spiro atoms. The van der Waals surface area contributed by atoms with Crippen LogP contribution < -0.4 is 0 Å². The number of hydrogen-bond donors (Lipinski definition) is 1. The molecule has 0 amide bonds. The minimum atomic E-state index is -0.106. The van der Waals surface area contributed by atoms with E-state index >= 15 is 0 Å². The van der Waals surface area contributed by atoms with Crippen molar-refractivity contribution in [2.75, 3.05) is 0 Å². The maximum atomic E-state index is 12.1. The summed E-state index contributed by atoms with van der Waals surface area (Å²) in [6.45, 7) is 0. The fourth-order valence-electron chi connectivity index (χ4n) is 6.40. The molecule has 0 saturated heterocycles. The predicted molar refractivity (Wildman–Crippen MR) is 48.2 cm³/mol. The molecule has 0 aromatic carbocycles. The molecular weight excluding hydrogens is 176 g/mol. The lowest BCUT2D eigenvalue weighted by atomic mass is 9.76. The Morgan fingerprint density at radius 2 is 1.86 bits per heavy atom. The van der Waals surface area contributed by atoms with Gasteiger partial charge < -0.3 is 5.11 Å². The van der Waals surface area contributed by atoms with Gasteiger partial charge in [-0.05, 0) is 48.3 Å². The number of fused-ring (bicyclic) bond motifs is 5. The van der Waals surface area contributed by atoms with E-state index in [1.54, 1.807) is 0 Å². The van der Waals surface area contributed by atoms with Gasteiger partial charge in [0, 0.05) is 11.8 Å². The van der Waals surface area contributed by atoms with Gasteiger partial charge in [-0.3, -0.25) is 4.79 Å². The van der Waals surface area contributed by atoms with Gasteiger partial charge in [-0.25, -0.2) is 0 Å². The van der Waals surface area contributed by atoms with Gasteiger partial charge in [0.25, 0.3) is 0 Å². The first kappa shape index (κ1) is 7.00. The Labute approximate surface area is 82.7 Å². The molecule has 0 aromatic heterocycles. The Bertz CT molecular complexity index is 361. The van der Waals surface area contributed by atoms with E-state index in [4.69, 9.17) is 0 Å². The van der Waals surface area contributed by atoms with Crippen molar-refractivity contribution in [3.05, 3.63) is 0 Å². The molecule has 0 heterocycles. The van der Waals surface area contributed by atoms with Gasteiger partial charge in [0.05, 0.1) is 6.10 Å². The highest BCUT2D eigenvalue weighted by Gasteiger charge is 2.78. The molecule has 2 heteroatoms. The highest BCUT2D eigenvalue weighted by atomic mass is 16.3. The summed E-state index contributed by atoms with van der Waals surface area (Å²) in [5.41, 5.74) is 0. The van der Waals surface area contributed by atoms with Crippen LogP contribution in [-0.4, -0.2) is 17.0 Å². The predicted octanol–water partition coefficient (Wildman–Crippen LogP) is 0.694. The normalized spacial score (nSPS) is 75.8. The molecule has 5 saturated carbocycles. The van der Waals surface area contributed by atoms with Crippen LogP contribution in [0.4, 0.5) is 0 Å². The lowest BCUT2D eigenvalue weighted by molar-refractivity contribution is -0.127. The fraction of sp³-hybridized carbons (Fsp3) is 0.917. The number of Topliss-reactive ketones (excluding diaryl/α,β-unsaturated/α-hetero) is 1. The molecule has 9 unspecified atom stereocenters. The zero-order chi connectivity index (χ0) is 9.19. The maximum absolute atomic E-state index is 12.1. The number of hydrogen-bond acceptors (Lipinski definition) is 2. The van der Waals surface area contributed by atoms with Crippen molar-refractivity contribution >= 4 is 5.78 Å². The van der Waals surface area contributed by atoms with E-state index in [9.17, 15) is 9.90 Å². The van der Waals surface area contributed by atoms with Gasteiger partial charge in [-0.2, -0.15) is 0 Å². The fourth-order valence-corrected chi connectivity index (χ4v) is 6.40. The van der Waals surface area contributed by atoms with Gasteiger partial charge >= 0.3 is 0 Å². The quantitative estimate of drug-likeness (QED) is 0.610. The van der Waals surface area contributed by atoms with Crippen molar-refractivity contribution in [2.45, 2.75) is 18.9 Å². The van der Waals surface area contributed by atoms with E-state index in [1.807, 2.05) is 0 Å². The molecule has 5 fully saturated rings.